The van der Waals surface area contributed by atoms with Gasteiger partial charge in [-0.3, -0.25) is 10.1 Å². The second-order valence-corrected chi connectivity index (χ2v) is 4.62. The molecule has 0 unspecified atom stereocenters. The van der Waals surface area contributed by atoms with E-state index in [4.69, 9.17) is 0 Å². The summed E-state index contributed by atoms with van der Waals surface area (Å²) in [5.74, 6) is 0.118. The Bertz CT molecular complexity index is 295. The minimum absolute atomic E-state index is 0.118. The van der Waals surface area contributed by atoms with E-state index in [0.717, 1.165) is 12.8 Å². The van der Waals surface area contributed by atoms with Crippen LogP contribution in [-0.2, 0) is 4.79 Å². The smallest absolute Gasteiger partial charge is 0.219 e. The van der Waals surface area contributed by atoms with Gasteiger partial charge in [0.2, 0.25) is 5.91 Å². The molecule has 2 rings (SSSR count). The topological polar surface area (TPSA) is 56.1 Å². The Hall–Kier alpha value is -1.08. The highest BCUT2D eigenvalue weighted by atomic mass is 16.2. The molecular formula is C11H17N3O. The summed E-state index contributed by atoms with van der Waals surface area (Å²) in [6, 6.07) is 2.95. The summed E-state index contributed by atoms with van der Waals surface area (Å²) in [7, 11) is 0. The molecule has 1 heterocycles. The van der Waals surface area contributed by atoms with Gasteiger partial charge in [-0.15, -0.1) is 0 Å². The summed E-state index contributed by atoms with van der Waals surface area (Å²) in [5, 5.41) is 12.6. The Labute approximate surface area is 90.2 Å². The lowest BCUT2D eigenvalue weighted by Gasteiger charge is -2.37. The van der Waals surface area contributed by atoms with Gasteiger partial charge in [0.25, 0.3) is 0 Å². The van der Waals surface area contributed by atoms with Crippen LogP contribution >= 0.6 is 0 Å². The van der Waals surface area contributed by atoms with E-state index in [2.05, 4.69) is 11.4 Å². The first-order chi connectivity index (χ1) is 7.15. The number of carbonyl (C=O) groups is 1. The summed E-state index contributed by atoms with van der Waals surface area (Å²) in [4.78, 5) is 13.0. The van der Waals surface area contributed by atoms with Crippen molar-refractivity contribution in [1.82, 2.24) is 10.2 Å². The summed E-state index contributed by atoms with van der Waals surface area (Å²) in [6.45, 7) is 3.01. The van der Waals surface area contributed by atoms with Crippen LogP contribution in [0.15, 0.2) is 0 Å². The highest BCUT2D eigenvalue weighted by molar-refractivity contribution is 5.73. The van der Waals surface area contributed by atoms with E-state index in [9.17, 15) is 10.1 Å². The van der Waals surface area contributed by atoms with Crippen LogP contribution < -0.4 is 5.32 Å². The van der Waals surface area contributed by atoms with Crippen LogP contribution in [0, 0.1) is 11.3 Å². The third-order valence-corrected chi connectivity index (χ3v) is 3.33. The maximum atomic E-state index is 11.2. The molecule has 0 spiro atoms. The predicted octanol–water partition coefficient (Wildman–Crippen LogP) is 0.643. The van der Waals surface area contributed by atoms with Gasteiger partial charge in [0.05, 0.1) is 6.07 Å². The van der Waals surface area contributed by atoms with Crippen molar-refractivity contribution in [2.45, 2.75) is 44.2 Å². The number of amides is 1. The van der Waals surface area contributed by atoms with E-state index in [0.29, 0.717) is 19.1 Å². The lowest BCUT2D eigenvalue weighted by molar-refractivity contribution is -0.130. The third-order valence-electron chi connectivity index (χ3n) is 3.33. The van der Waals surface area contributed by atoms with Crippen LogP contribution in [0.25, 0.3) is 0 Å². The Morgan fingerprint density at radius 2 is 2.07 bits per heavy atom. The number of likely N-dealkylation sites (tertiary alicyclic amines) is 1. The summed E-state index contributed by atoms with van der Waals surface area (Å²) >= 11 is 0. The Balaban J connectivity index is 1.93. The van der Waals surface area contributed by atoms with Crippen molar-refractivity contribution >= 4 is 5.91 Å². The number of carbonyl (C=O) groups excluding carboxylic acids is 1. The summed E-state index contributed by atoms with van der Waals surface area (Å²) in [5.41, 5.74) is -0.368. The Kier molecular flexibility index (Phi) is 2.66. The zero-order valence-corrected chi connectivity index (χ0v) is 9.12. The zero-order valence-electron chi connectivity index (χ0n) is 9.12. The van der Waals surface area contributed by atoms with Gasteiger partial charge in [-0.1, -0.05) is 0 Å². The van der Waals surface area contributed by atoms with Crippen LogP contribution in [0.5, 0.6) is 0 Å². The molecular weight excluding hydrogens is 190 g/mol. The van der Waals surface area contributed by atoms with Crippen molar-refractivity contribution in [2.24, 2.45) is 0 Å². The van der Waals surface area contributed by atoms with Gasteiger partial charge in [-0.25, -0.2) is 0 Å². The largest absolute Gasteiger partial charge is 0.343 e. The monoisotopic (exact) mass is 207 g/mol. The quantitative estimate of drug-likeness (QED) is 0.723. The maximum Gasteiger partial charge on any atom is 0.219 e. The van der Waals surface area contributed by atoms with Gasteiger partial charge in [0, 0.05) is 26.1 Å². The van der Waals surface area contributed by atoms with Crippen molar-refractivity contribution in [3.63, 3.8) is 0 Å². The fourth-order valence-corrected chi connectivity index (χ4v) is 2.11. The van der Waals surface area contributed by atoms with E-state index in [-0.39, 0.29) is 11.4 Å². The summed E-state index contributed by atoms with van der Waals surface area (Å²) in [6.07, 6.45) is 3.92. The summed E-state index contributed by atoms with van der Waals surface area (Å²) < 4.78 is 0. The minimum Gasteiger partial charge on any atom is -0.343 e. The van der Waals surface area contributed by atoms with E-state index in [1.165, 1.54) is 12.8 Å². The number of nitrogens with one attached hydrogen (secondary N) is 1. The fraction of sp³-hybridized carbons (Fsp3) is 0.818. The second-order valence-electron chi connectivity index (χ2n) is 4.62. The van der Waals surface area contributed by atoms with Gasteiger partial charge in [-0.2, -0.15) is 5.26 Å². The normalized spacial score (nSPS) is 24.7. The van der Waals surface area contributed by atoms with E-state index >= 15 is 0 Å². The number of rotatable bonds is 2. The molecule has 4 heteroatoms. The second kappa shape index (κ2) is 3.82. The van der Waals surface area contributed by atoms with Gasteiger partial charge < -0.3 is 4.90 Å². The molecule has 0 bridgehead atoms. The number of hydrogen-bond donors (Lipinski definition) is 1. The molecule has 2 fully saturated rings. The maximum absolute atomic E-state index is 11.2. The molecule has 15 heavy (non-hydrogen) atoms. The lowest BCUT2D eigenvalue weighted by Crippen LogP contribution is -2.54. The van der Waals surface area contributed by atoms with Gasteiger partial charge in [0.15, 0.2) is 0 Å². The molecule has 1 N–H and O–H groups in total. The molecule has 0 radical (unpaired) electrons. The molecule has 0 aromatic heterocycles. The van der Waals surface area contributed by atoms with E-state index in [1.54, 1.807) is 6.92 Å². The molecule has 1 saturated heterocycles. The van der Waals surface area contributed by atoms with Crippen LogP contribution in [-0.4, -0.2) is 35.5 Å². The molecule has 1 amide bonds. The first-order valence-corrected chi connectivity index (χ1v) is 5.60. The SMILES string of the molecule is CC(=O)N1CCC(C#N)(NC2CC2)CC1. The van der Waals surface area contributed by atoms with Crippen molar-refractivity contribution in [3.05, 3.63) is 0 Å². The lowest BCUT2D eigenvalue weighted by atomic mass is 9.89. The minimum atomic E-state index is -0.368. The Morgan fingerprint density at radius 3 is 2.47 bits per heavy atom. The molecule has 0 aromatic carbocycles. The molecule has 82 valence electrons. The van der Waals surface area contributed by atoms with Crippen LogP contribution in [0.4, 0.5) is 0 Å². The highest BCUT2D eigenvalue weighted by Crippen LogP contribution is 2.28. The van der Waals surface area contributed by atoms with Crippen LogP contribution in [0.2, 0.25) is 0 Å². The van der Waals surface area contributed by atoms with Crippen molar-refractivity contribution in [3.8, 4) is 6.07 Å². The van der Waals surface area contributed by atoms with Crippen LogP contribution in [0.1, 0.15) is 32.6 Å². The first-order valence-electron chi connectivity index (χ1n) is 5.60. The highest BCUT2D eigenvalue weighted by Gasteiger charge is 2.39. The van der Waals surface area contributed by atoms with Crippen LogP contribution in [0.3, 0.4) is 0 Å². The van der Waals surface area contributed by atoms with Gasteiger partial charge in [-0.05, 0) is 25.7 Å². The molecule has 0 aromatic rings. The number of piperidine rings is 1. The number of hydrogen-bond acceptors (Lipinski definition) is 3. The standard InChI is InChI=1S/C11H17N3O/c1-9(15)14-6-4-11(8-12,5-7-14)13-10-2-3-10/h10,13H,2-7H2,1H3. The first kappa shape index (κ1) is 10.4. The van der Waals surface area contributed by atoms with Crippen molar-refractivity contribution in [1.29, 1.82) is 5.26 Å². The predicted molar refractivity (Wildman–Crippen MR) is 56.0 cm³/mol. The van der Waals surface area contributed by atoms with E-state index < -0.39 is 0 Å². The molecule has 1 aliphatic carbocycles. The molecule has 4 nitrogen and oxygen atoms in total. The number of nitrogens with zero attached hydrogens (tertiary/aromatic N) is 2. The Morgan fingerprint density at radius 1 is 1.47 bits per heavy atom. The zero-order chi connectivity index (χ0) is 10.9. The molecule has 1 aliphatic heterocycles. The third kappa shape index (κ3) is 2.29. The number of nitriles is 1. The van der Waals surface area contributed by atoms with Gasteiger partial charge >= 0.3 is 0 Å². The van der Waals surface area contributed by atoms with Crippen molar-refractivity contribution < 1.29 is 4.79 Å². The van der Waals surface area contributed by atoms with E-state index in [1.807, 2.05) is 4.90 Å². The average Bonchev–Trinajstić information content (AvgIpc) is 3.02. The fourth-order valence-electron chi connectivity index (χ4n) is 2.11. The average molecular weight is 207 g/mol. The molecule has 1 saturated carbocycles. The van der Waals surface area contributed by atoms with Crippen molar-refractivity contribution in [2.75, 3.05) is 13.1 Å². The molecule has 0 atom stereocenters. The molecule has 2 aliphatic rings. The van der Waals surface area contributed by atoms with Gasteiger partial charge in [0.1, 0.15) is 5.54 Å².